The summed E-state index contributed by atoms with van der Waals surface area (Å²) in [5.74, 6) is 1.52. The van der Waals surface area contributed by atoms with E-state index in [-0.39, 0.29) is 19.1 Å². The number of rotatable bonds is 12. The van der Waals surface area contributed by atoms with E-state index in [1.54, 1.807) is 0 Å². The Balaban J connectivity index is 1.71. The lowest BCUT2D eigenvalue weighted by molar-refractivity contribution is -0.0298. The molecule has 1 fully saturated rings. The van der Waals surface area contributed by atoms with Gasteiger partial charge in [-0.3, -0.25) is 0 Å². The number of methoxy groups -OCH3 is 1. The topological polar surface area (TPSA) is 73.9 Å². The zero-order valence-electron chi connectivity index (χ0n) is 13.5. The van der Waals surface area contributed by atoms with Crippen LogP contribution in [-0.4, -0.2) is 41.3 Å². The normalized spacial score (nSPS) is 14.8. The molecule has 2 rings (SSSR count). The molecule has 0 radical (unpaired) electrons. The van der Waals surface area contributed by atoms with E-state index in [1.807, 2.05) is 24.3 Å². The van der Waals surface area contributed by atoms with Gasteiger partial charge >= 0.3 is 0 Å². The Morgan fingerprint density at radius 3 is 2.87 bits per heavy atom. The molecule has 0 aliphatic heterocycles. The van der Waals surface area contributed by atoms with Crippen LogP contribution in [-0.2, 0) is 26.0 Å². The Labute approximate surface area is 138 Å². The summed E-state index contributed by atoms with van der Waals surface area (Å²) in [5, 5.41) is 0. The summed E-state index contributed by atoms with van der Waals surface area (Å²) in [5.41, 5.74) is 0.887. The van der Waals surface area contributed by atoms with Crippen molar-refractivity contribution >= 4 is 10.0 Å². The number of sulfonamides is 1. The molecule has 23 heavy (non-hydrogen) atoms. The van der Waals surface area contributed by atoms with Gasteiger partial charge in [0.1, 0.15) is 12.5 Å². The molecule has 0 aromatic heterocycles. The van der Waals surface area contributed by atoms with E-state index in [1.165, 1.54) is 20.0 Å². The van der Waals surface area contributed by atoms with E-state index in [0.29, 0.717) is 18.9 Å². The van der Waals surface area contributed by atoms with Crippen LogP contribution >= 0.6 is 0 Å². The molecule has 1 aromatic rings. The quantitative estimate of drug-likeness (QED) is 0.463. The third-order valence-corrected chi connectivity index (χ3v) is 4.89. The van der Waals surface area contributed by atoms with E-state index in [9.17, 15) is 8.42 Å². The number of ether oxygens (including phenoxy) is 3. The fraction of sp³-hybridized carbons (Fsp3) is 0.625. The summed E-state index contributed by atoms with van der Waals surface area (Å²) >= 11 is 0. The number of hydrogen-bond acceptors (Lipinski definition) is 5. The molecular weight excluding hydrogens is 318 g/mol. The minimum Gasteiger partial charge on any atom is -0.493 e. The minimum absolute atomic E-state index is 0.0363. The largest absolute Gasteiger partial charge is 0.493 e. The third-order valence-electron chi connectivity index (χ3n) is 3.48. The van der Waals surface area contributed by atoms with Crippen molar-refractivity contribution in [3.8, 4) is 5.75 Å². The predicted molar refractivity (Wildman–Crippen MR) is 87.7 cm³/mol. The van der Waals surface area contributed by atoms with Gasteiger partial charge in [-0.25, -0.2) is 13.1 Å². The minimum atomic E-state index is -3.31. The Bertz CT molecular complexity index is 572. The highest BCUT2D eigenvalue weighted by atomic mass is 32.2. The number of nitrogens with one attached hydrogen (secondary N) is 1. The molecular formula is C16H25NO5S. The highest BCUT2D eigenvalue weighted by Gasteiger charge is 2.21. The maximum absolute atomic E-state index is 11.9. The van der Waals surface area contributed by atoms with Gasteiger partial charge in [-0.05, 0) is 42.9 Å². The van der Waals surface area contributed by atoms with Crippen LogP contribution in [0.5, 0.6) is 5.75 Å². The molecule has 130 valence electrons. The van der Waals surface area contributed by atoms with Crippen LogP contribution in [0.4, 0.5) is 0 Å². The maximum Gasteiger partial charge on any atom is 0.211 e. The van der Waals surface area contributed by atoms with E-state index in [2.05, 4.69) is 4.72 Å². The average molecular weight is 343 g/mol. The molecule has 1 saturated carbocycles. The first-order chi connectivity index (χ1) is 11.1. The molecule has 1 aliphatic carbocycles. The lowest BCUT2D eigenvalue weighted by Crippen LogP contribution is -2.26. The van der Waals surface area contributed by atoms with Crippen LogP contribution in [0.25, 0.3) is 0 Å². The van der Waals surface area contributed by atoms with Gasteiger partial charge in [-0.1, -0.05) is 12.1 Å². The third kappa shape index (κ3) is 7.78. The van der Waals surface area contributed by atoms with Crippen LogP contribution in [0.15, 0.2) is 24.3 Å². The zero-order chi connectivity index (χ0) is 16.5. The molecule has 0 amide bonds. The first-order valence-corrected chi connectivity index (χ1v) is 9.50. The SMILES string of the molecule is COCOCCCS(=O)(=O)NCc1cccc(OCC2CC2)c1. The van der Waals surface area contributed by atoms with Crippen LogP contribution in [0.2, 0.25) is 0 Å². The first kappa shape index (κ1) is 18.2. The zero-order valence-corrected chi connectivity index (χ0v) is 14.3. The molecule has 0 bridgehead atoms. The Hall–Kier alpha value is -1.15. The Kier molecular flexibility index (Phi) is 7.29. The van der Waals surface area contributed by atoms with Crippen molar-refractivity contribution in [1.29, 1.82) is 0 Å². The molecule has 7 heteroatoms. The van der Waals surface area contributed by atoms with Crippen molar-refractivity contribution < 1.29 is 22.6 Å². The summed E-state index contributed by atoms with van der Waals surface area (Å²) < 4.78 is 41.9. The summed E-state index contributed by atoms with van der Waals surface area (Å²) in [4.78, 5) is 0. The van der Waals surface area contributed by atoms with Crippen LogP contribution < -0.4 is 9.46 Å². The second-order valence-corrected chi connectivity index (χ2v) is 7.64. The molecule has 0 atom stereocenters. The van der Waals surface area contributed by atoms with Crippen molar-refractivity contribution in [2.75, 3.05) is 32.9 Å². The van der Waals surface area contributed by atoms with E-state index in [0.717, 1.165) is 17.9 Å². The highest BCUT2D eigenvalue weighted by molar-refractivity contribution is 7.89. The van der Waals surface area contributed by atoms with Crippen molar-refractivity contribution in [2.24, 2.45) is 5.92 Å². The molecule has 0 saturated heterocycles. The van der Waals surface area contributed by atoms with Crippen LogP contribution in [0.3, 0.4) is 0 Å². The van der Waals surface area contributed by atoms with Crippen molar-refractivity contribution in [3.05, 3.63) is 29.8 Å². The predicted octanol–water partition coefficient (Wildman–Crippen LogP) is 1.91. The van der Waals surface area contributed by atoms with E-state index < -0.39 is 10.0 Å². The van der Waals surface area contributed by atoms with Gasteiger partial charge in [0.05, 0.1) is 19.0 Å². The number of hydrogen-bond donors (Lipinski definition) is 1. The Morgan fingerprint density at radius 2 is 2.13 bits per heavy atom. The average Bonchev–Trinajstić information content (AvgIpc) is 3.36. The standard InChI is InChI=1S/C16H25NO5S/c1-20-13-21-8-3-9-23(18,19)17-11-15-4-2-5-16(10-15)22-12-14-6-7-14/h2,4-5,10,14,17H,3,6-9,11-13H2,1H3. The maximum atomic E-state index is 11.9. The van der Waals surface area contributed by atoms with Crippen molar-refractivity contribution in [1.82, 2.24) is 4.72 Å². The van der Waals surface area contributed by atoms with Gasteiger partial charge in [0.2, 0.25) is 10.0 Å². The van der Waals surface area contributed by atoms with Gasteiger partial charge in [0.15, 0.2) is 0 Å². The lowest BCUT2D eigenvalue weighted by atomic mass is 10.2. The molecule has 1 aromatic carbocycles. The van der Waals surface area contributed by atoms with Crippen molar-refractivity contribution in [2.45, 2.75) is 25.8 Å². The summed E-state index contributed by atoms with van der Waals surface area (Å²) in [6.45, 7) is 1.55. The summed E-state index contributed by atoms with van der Waals surface area (Å²) in [7, 11) is -1.78. The van der Waals surface area contributed by atoms with Gasteiger partial charge in [-0.2, -0.15) is 0 Å². The number of benzene rings is 1. The van der Waals surface area contributed by atoms with Gasteiger partial charge in [0.25, 0.3) is 0 Å². The monoisotopic (exact) mass is 343 g/mol. The molecule has 6 nitrogen and oxygen atoms in total. The summed E-state index contributed by atoms with van der Waals surface area (Å²) in [6, 6.07) is 7.54. The molecule has 0 spiro atoms. The van der Waals surface area contributed by atoms with Gasteiger partial charge < -0.3 is 14.2 Å². The molecule has 1 aliphatic rings. The Morgan fingerprint density at radius 1 is 1.30 bits per heavy atom. The fourth-order valence-electron chi connectivity index (χ4n) is 2.00. The smallest absolute Gasteiger partial charge is 0.211 e. The molecule has 0 heterocycles. The van der Waals surface area contributed by atoms with E-state index >= 15 is 0 Å². The molecule has 0 unspecified atom stereocenters. The lowest BCUT2D eigenvalue weighted by Gasteiger charge is -2.09. The van der Waals surface area contributed by atoms with E-state index in [4.69, 9.17) is 14.2 Å². The van der Waals surface area contributed by atoms with Crippen LogP contribution in [0, 0.1) is 5.92 Å². The second kappa shape index (κ2) is 9.22. The van der Waals surface area contributed by atoms with Gasteiger partial charge in [-0.15, -0.1) is 0 Å². The fourth-order valence-corrected chi connectivity index (χ4v) is 3.03. The van der Waals surface area contributed by atoms with Crippen molar-refractivity contribution in [3.63, 3.8) is 0 Å². The second-order valence-electron chi connectivity index (χ2n) is 5.71. The van der Waals surface area contributed by atoms with Crippen LogP contribution in [0.1, 0.15) is 24.8 Å². The highest BCUT2D eigenvalue weighted by Crippen LogP contribution is 2.29. The molecule has 1 N–H and O–H groups in total. The summed E-state index contributed by atoms with van der Waals surface area (Å²) in [6.07, 6.45) is 2.92. The first-order valence-electron chi connectivity index (χ1n) is 7.85. The van der Waals surface area contributed by atoms with Gasteiger partial charge in [0, 0.05) is 13.7 Å².